The number of hydrogen-bond acceptors (Lipinski definition) is 6. The molecule has 2 aromatic carbocycles. The van der Waals surface area contributed by atoms with Crippen molar-refractivity contribution in [3.05, 3.63) is 69.9 Å². The van der Waals surface area contributed by atoms with Gasteiger partial charge in [-0.2, -0.15) is 5.12 Å². The van der Waals surface area contributed by atoms with E-state index in [1.54, 1.807) is 24.3 Å². The molecular formula is C27H31ClF5N7O2. The number of carbonyl (C=O) groups is 1. The van der Waals surface area contributed by atoms with Gasteiger partial charge in [-0.25, -0.2) is 37.5 Å². The Hall–Kier alpha value is -3.91. The molecule has 1 heterocycles. The second-order valence-electron chi connectivity index (χ2n) is 8.78. The fraction of sp³-hybridized carbons (Fsp3) is 0.370. The van der Waals surface area contributed by atoms with Gasteiger partial charge < -0.3 is 0 Å². The highest BCUT2D eigenvalue weighted by molar-refractivity contribution is 6.30. The summed E-state index contributed by atoms with van der Waals surface area (Å²) >= 11 is 5.96. The lowest BCUT2D eigenvalue weighted by molar-refractivity contribution is -0.110. The topological polar surface area (TPSA) is 96.9 Å². The Kier molecular flexibility index (Phi) is 13.5. The highest BCUT2D eigenvalue weighted by Crippen LogP contribution is 2.22. The highest BCUT2D eigenvalue weighted by Gasteiger charge is 2.24. The van der Waals surface area contributed by atoms with Crippen LogP contribution in [0.4, 0.5) is 27.6 Å². The number of rotatable bonds is 12. The second-order valence-corrected chi connectivity index (χ2v) is 9.22. The van der Waals surface area contributed by atoms with Crippen LogP contribution in [0.5, 0.6) is 0 Å². The molecule has 15 heteroatoms. The number of hydrazone groups is 1. The van der Waals surface area contributed by atoms with E-state index in [1.807, 2.05) is 0 Å². The molecule has 0 spiro atoms. The van der Waals surface area contributed by atoms with Crippen molar-refractivity contribution in [2.75, 3.05) is 25.0 Å². The summed E-state index contributed by atoms with van der Waals surface area (Å²) in [6.07, 6.45) is 0.334. The standard InChI is InChI=1S/C25H26ClF4N7O2.C2H5F/c1-17(38)15-31-22(33-37(32-12-11-27)21-5-3-4-20(28)14-21)16-36-24(39)35(13-10-25(2,29)30)23(34-36)18-6-8-19(26)9-7-18;1-2-3/h3-9,14-15,32H,10-13,16H2,1-2H3;2H2,1H3/b31-15?,33-22-;. The SMILES string of the molecule is CC(=O)C=N/C(Cn1nc(-c2ccc(Cl)cc2)n(CCC(C)(F)F)c1=O)=N\N(NCCF)c1cccc(F)c1.CCF. The lowest BCUT2D eigenvalue weighted by atomic mass is 10.2. The summed E-state index contributed by atoms with van der Waals surface area (Å²) in [5.41, 5.74) is 2.55. The van der Waals surface area contributed by atoms with Crippen molar-refractivity contribution in [2.24, 2.45) is 10.1 Å². The molecule has 228 valence electrons. The number of aliphatic imine (C=N–C) groups is 1. The van der Waals surface area contributed by atoms with Crippen LogP contribution in [0.1, 0.15) is 27.2 Å². The number of ketones is 1. The zero-order valence-electron chi connectivity index (χ0n) is 23.2. The number of alkyl halides is 4. The van der Waals surface area contributed by atoms with Crippen LogP contribution in [-0.2, 0) is 17.9 Å². The van der Waals surface area contributed by atoms with Crippen LogP contribution in [0.25, 0.3) is 11.4 Å². The quantitative estimate of drug-likeness (QED) is 0.126. The predicted molar refractivity (Wildman–Crippen MR) is 153 cm³/mol. The van der Waals surface area contributed by atoms with E-state index in [4.69, 9.17) is 11.6 Å². The van der Waals surface area contributed by atoms with Crippen LogP contribution >= 0.6 is 11.6 Å². The number of aromatic nitrogens is 3. The lowest BCUT2D eigenvalue weighted by Gasteiger charge is -2.20. The molecule has 0 radical (unpaired) electrons. The van der Waals surface area contributed by atoms with Crippen LogP contribution in [0.2, 0.25) is 5.02 Å². The number of carbonyl (C=O) groups excluding carboxylic acids is 1. The Morgan fingerprint density at radius 1 is 1.19 bits per heavy atom. The molecule has 0 bridgehead atoms. The first kappa shape index (κ1) is 34.3. The van der Waals surface area contributed by atoms with Gasteiger partial charge >= 0.3 is 5.69 Å². The number of benzene rings is 2. The van der Waals surface area contributed by atoms with E-state index in [1.165, 1.54) is 32.0 Å². The van der Waals surface area contributed by atoms with Gasteiger partial charge in [-0.3, -0.25) is 13.8 Å². The van der Waals surface area contributed by atoms with Gasteiger partial charge in [0.2, 0.25) is 5.92 Å². The molecule has 0 atom stereocenters. The molecular weight excluding hydrogens is 585 g/mol. The van der Waals surface area contributed by atoms with Crippen LogP contribution in [-0.4, -0.2) is 58.0 Å². The van der Waals surface area contributed by atoms with E-state index >= 15 is 0 Å². The molecule has 1 aromatic heterocycles. The molecule has 42 heavy (non-hydrogen) atoms. The minimum absolute atomic E-state index is 0.105. The normalized spacial score (nSPS) is 11.9. The van der Waals surface area contributed by atoms with Gasteiger partial charge in [-0.15, -0.1) is 10.2 Å². The van der Waals surface area contributed by atoms with Gasteiger partial charge in [0.25, 0.3) is 0 Å². The average molecular weight is 616 g/mol. The maximum atomic E-state index is 13.9. The fourth-order valence-electron chi connectivity index (χ4n) is 3.32. The van der Waals surface area contributed by atoms with Crippen molar-refractivity contribution in [1.29, 1.82) is 0 Å². The van der Waals surface area contributed by atoms with Gasteiger partial charge in [-0.05, 0) is 50.2 Å². The molecule has 0 aliphatic carbocycles. The van der Waals surface area contributed by atoms with E-state index in [9.17, 15) is 31.5 Å². The number of Topliss-reactive ketones (excluding diaryl/α,β-unsaturated/α-hetero) is 1. The third kappa shape index (κ3) is 11.2. The smallest absolute Gasteiger partial charge is 0.293 e. The second kappa shape index (κ2) is 16.5. The highest BCUT2D eigenvalue weighted by atomic mass is 35.5. The van der Waals surface area contributed by atoms with E-state index in [0.29, 0.717) is 10.6 Å². The minimum atomic E-state index is -3.04. The average Bonchev–Trinajstić information content (AvgIpc) is 3.23. The summed E-state index contributed by atoms with van der Waals surface area (Å²) in [6, 6.07) is 11.6. The predicted octanol–water partition coefficient (Wildman–Crippen LogP) is 5.48. The van der Waals surface area contributed by atoms with Crippen LogP contribution in [0.15, 0.2) is 63.4 Å². The molecule has 0 amide bonds. The Balaban J connectivity index is 0.00000197. The summed E-state index contributed by atoms with van der Waals surface area (Å²) in [6.45, 7) is 1.50. The van der Waals surface area contributed by atoms with Crippen molar-refractivity contribution in [1.82, 2.24) is 19.8 Å². The molecule has 0 fully saturated rings. The van der Waals surface area contributed by atoms with Crippen molar-refractivity contribution in [2.45, 2.75) is 46.2 Å². The lowest BCUT2D eigenvalue weighted by Crippen LogP contribution is -2.37. The van der Waals surface area contributed by atoms with Gasteiger partial charge in [0, 0.05) is 43.1 Å². The molecule has 3 aromatic rings. The van der Waals surface area contributed by atoms with Gasteiger partial charge in [0.05, 0.1) is 18.6 Å². The van der Waals surface area contributed by atoms with Crippen molar-refractivity contribution < 1.29 is 26.7 Å². The zero-order valence-corrected chi connectivity index (χ0v) is 24.0. The zero-order chi connectivity index (χ0) is 31.3. The van der Waals surface area contributed by atoms with E-state index < -0.39 is 42.9 Å². The van der Waals surface area contributed by atoms with Crippen molar-refractivity contribution >= 4 is 35.1 Å². The van der Waals surface area contributed by atoms with E-state index in [-0.39, 0.29) is 37.1 Å². The first-order valence-corrected chi connectivity index (χ1v) is 13.1. The molecule has 3 rings (SSSR count). The molecule has 0 saturated carbocycles. The Morgan fingerprint density at radius 3 is 2.43 bits per heavy atom. The summed E-state index contributed by atoms with van der Waals surface area (Å²) in [7, 11) is 0. The Morgan fingerprint density at radius 2 is 1.86 bits per heavy atom. The number of amidine groups is 1. The third-order valence-corrected chi connectivity index (χ3v) is 5.36. The minimum Gasteiger partial charge on any atom is -0.293 e. The molecule has 1 N–H and O–H groups in total. The first-order valence-electron chi connectivity index (χ1n) is 12.7. The maximum absolute atomic E-state index is 13.9. The molecule has 9 nitrogen and oxygen atoms in total. The fourth-order valence-corrected chi connectivity index (χ4v) is 3.45. The maximum Gasteiger partial charge on any atom is 0.346 e. The van der Waals surface area contributed by atoms with E-state index in [0.717, 1.165) is 33.6 Å². The van der Waals surface area contributed by atoms with Gasteiger partial charge in [0.15, 0.2) is 17.4 Å². The van der Waals surface area contributed by atoms with Gasteiger partial charge in [0.1, 0.15) is 19.0 Å². The molecule has 0 aliphatic rings. The molecule has 0 saturated heterocycles. The first-order chi connectivity index (χ1) is 19.9. The Labute approximate surface area is 244 Å². The Bertz CT molecular complexity index is 1420. The number of anilines is 1. The number of hydrazine groups is 1. The third-order valence-electron chi connectivity index (χ3n) is 5.11. The number of nitrogens with zero attached hydrogens (tertiary/aromatic N) is 6. The number of halogens is 6. The van der Waals surface area contributed by atoms with Gasteiger partial charge in [-0.1, -0.05) is 17.7 Å². The summed E-state index contributed by atoms with van der Waals surface area (Å²) in [4.78, 5) is 28.9. The van der Waals surface area contributed by atoms with Crippen LogP contribution in [0, 0.1) is 5.82 Å². The molecule has 0 aliphatic heterocycles. The molecule has 0 unspecified atom stereocenters. The summed E-state index contributed by atoms with van der Waals surface area (Å²) < 4.78 is 66.4. The summed E-state index contributed by atoms with van der Waals surface area (Å²) in [5.74, 6) is -4.09. The van der Waals surface area contributed by atoms with Crippen molar-refractivity contribution in [3.8, 4) is 11.4 Å². The van der Waals surface area contributed by atoms with Crippen LogP contribution in [0.3, 0.4) is 0 Å². The number of hydrogen-bond donors (Lipinski definition) is 1. The monoisotopic (exact) mass is 615 g/mol. The number of nitrogens with one attached hydrogen (secondary N) is 1. The largest absolute Gasteiger partial charge is 0.346 e. The van der Waals surface area contributed by atoms with E-state index in [2.05, 4.69) is 20.6 Å². The van der Waals surface area contributed by atoms with Crippen LogP contribution < -0.4 is 16.2 Å². The summed E-state index contributed by atoms with van der Waals surface area (Å²) in [5, 5.41) is 10.0. The van der Waals surface area contributed by atoms with Crippen molar-refractivity contribution in [3.63, 3.8) is 0 Å².